The van der Waals surface area contributed by atoms with E-state index in [0.717, 1.165) is 13.0 Å². The maximum atomic E-state index is 11.9. The predicted octanol–water partition coefficient (Wildman–Crippen LogP) is 1.08. The van der Waals surface area contributed by atoms with Gasteiger partial charge >= 0.3 is 12.0 Å². The van der Waals surface area contributed by atoms with Crippen LogP contribution in [0, 0.1) is 5.92 Å². The maximum absolute atomic E-state index is 11.9. The van der Waals surface area contributed by atoms with Gasteiger partial charge in [0.05, 0.1) is 0 Å². The molecule has 0 saturated heterocycles. The van der Waals surface area contributed by atoms with Crippen LogP contribution in [0.5, 0.6) is 0 Å². The van der Waals surface area contributed by atoms with E-state index in [9.17, 15) is 9.59 Å². The van der Waals surface area contributed by atoms with Crippen LogP contribution >= 0.6 is 0 Å². The molecule has 112 valence electrons. The van der Waals surface area contributed by atoms with E-state index in [4.69, 9.17) is 5.11 Å². The Morgan fingerprint density at radius 1 is 1.16 bits per heavy atom. The molecule has 0 aliphatic rings. The van der Waals surface area contributed by atoms with Gasteiger partial charge in [-0.2, -0.15) is 0 Å². The van der Waals surface area contributed by atoms with Crippen molar-refractivity contribution in [1.29, 1.82) is 0 Å². The van der Waals surface area contributed by atoms with Gasteiger partial charge in [0.2, 0.25) is 0 Å². The molecule has 2 N–H and O–H groups in total. The summed E-state index contributed by atoms with van der Waals surface area (Å²) in [6.07, 6.45) is 1.30. The number of carboxylic acids is 1. The SMILES string of the molecule is CC(C)CC(NC(=O)N(C)CCCN(C)C)C(=O)O. The van der Waals surface area contributed by atoms with Crippen LogP contribution in [0.4, 0.5) is 4.79 Å². The number of hydrogen-bond acceptors (Lipinski definition) is 3. The molecule has 0 bridgehead atoms. The molecule has 6 nitrogen and oxygen atoms in total. The minimum Gasteiger partial charge on any atom is -0.480 e. The number of rotatable bonds is 8. The summed E-state index contributed by atoms with van der Waals surface area (Å²) in [6.45, 7) is 5.37. The summed E-state index contributed by atoms with van der Waals surface area (Å²) in [7, 11) is 5.63. The first-order chi connectivity index (χ1) is 8.73. The number of aliphatic carboxylic acids is 1. The molecule has 0 spiro atoms. The van der Waals surface area contributed by atoms with Crippen LogP contribution in [0.2, 0.25) is 0 Å². The van der Waals surface area contributed by atoms with Crippen molar-refractivity contribution in [3.8, 4) is 0 Å². The van der Waals surface area contributed by atoms with Crippen LogP contribution in [0.1, 0.15) is 26.7 Å². The Morgan fingerprint density at radius 3 is 2.16 bits per heavy atom. The van der Waals surface area contributed by atoms with Crippen molar-refractivity contribution in [2.75, 3.05) is 34.2 Å². The van der Waals surface area contributed by atoms with Crippen molar-refractivity contribution < 1.29 is 14.7 Å². The van der Waals surface area contributed by atoms with E-state index < -0.39 is 12.0 Å². The molecular formula is C13H27N3O3. The molecular weight excluding hydrogens is 246 g/mol. The molecule has 0 aromatic heterocycles. The fourth-order valence-corrected chi connectivity index (χ4v) is 1.68. The van der Waals surface area contributed by atoms with Crippen LogP contribution in [0.25, 0.3) is 0 Å². The van der Waals surface area contributed by atoms with Crippen molar-refractivity contribution in [3.05, 3.63) is 0 Å². The molecule has 0 aromatic rings. The third kappa shape index (κ3) is 8.42. The first-order valence-electron chi connectivity index (χ1n) is 6.63. The lowest BCUT2D eigenvalue weighted by Crippen LogP contribution is -2.47. The molecule has 0 fully saturated rings. The molecule has 0 radical (unpaired) electrons. The van der Waals surface area contributed by atoms with E-state index in [2.05, 4.69) is 5.32 Å². The van der Waals surface area contributed by atoms with E-state index >= 15 is 0 Å². The van der Waals surface area contributed by atoms with Gasteiger partial charge in [0, 0.05) is 13.6 Å². The van der Waals surface area contributed by atoms with E-state index in [1.165, 1.54) is 4.90 Å². The topological polar surface area (TPSA) is 72.9 Å². The standard InChI is InChI=1S/C13H27N3O3/c1-10(2)9-11(12(17)18)14-13(19)16(5)8-6-7-15(3)4/h10-11H,6-9H2,1-5H3,(H,14,19)(H,17,18). The fraction of sp³-hybridized carbons (Fsp3) is 0.846. The second-order valence-corrected chi connectivity index (χ2v) is 5.55. The smallest absolute Gasteiger partial charge is 0.326 e. The molecule has 19 heavy (non-hydrogen) atoms. The first-order valence-corrected chi connectivity index (χ1v) is 6.63. The number of carboxylic acid groups (broad SMARTS) is 1. The van der Waals surface area contributed by atoms with Gasteiger partial charge in [-0.05, 0) is 39.4 Å². The number of carbonyl (C=O) groups excluding carboxylic acids is 1. The zero-order chi connectivity index (χ0) is 15.0. The van der Waals surface area contributed by atoms with Crippen LogP contribution < -0.4 is 5.32 Å². The average molecular weight is 273 g/mol. The highest BCUT2D eigenvalue weighted by Crippen LogP contribution is 2.05. The number of hydrogen-bond donors (Lipinski definition) is 2. The summed E-state index contributed by atoms with van der Waals surface area (Å²) in [4.78, 5) is 26.5. The number of nitrogens with zero attached hydrogens (tertiary/aromatic N) is 2. The van der Waals surface area contributed by atoms with Gasteiger partial charge in [0.25, 0.3) is 0 Å². The Labute approximate surface area is 115 Å². The average Bonchev–Trinajstić information content (AvgIpc) is 2.26. The van der Waals surface area contributed by atoms with Gasteiger partial charge in [-0.25, -0.2) is 9.59 Å². The van der Waals surface area contributed by atoms with Crippen molar-refractivity contribution in [2.45, 2.75) is 32.7 Å². The maximum Gasteiger partial charge on any atom is 0.326 e. The van der Waals surface area contributed by atoms with Crippen molar-refractivity contribution in [3.63, 3.8) is 0 Å². The second-order valence-electron chi connectivity index (χ2n) is 5.55. The number of nitrogens with one attached hydrogen (secondary N) is 1. The first kappa shape index (κ1) is 17.7. The second kappa shape index (κ2) is 8.74. The lowest BCUT2D eigenvalue weighted by atomic mass is 10.0. The van der Waals surface area contributed by atoms with E-state index in [1.807, 2.05) is 32.8 Å². The minimum absolute atomic E-state index is 0.223. The lowest BCUT2D eigenvalue weighted by molar-refractivity contribution is -0.139. The highest BCUT2D eigenvalue weighted by atomic mass is 16.4. The summed E-state index contributed by atoms with van der Waals surface area (Å²) in [5.74, 6) is -0.760. The van der Waals surface area contributed by atoms with Gasteiger partial charge in [-0.1, -0.05) is 13.8 Å². The zero-order valence-corrected chi connectivity index (χ0v) is 12.6. The highest BCUT2D eigenvalue weighted by Gasteiger charge is 2.22. The Kier molecular flexibility index (Phi) is 8.14. The molecule has 0 rings (SSSR count). The Balaban J connectivity index is 4.20. The van der Waals surface area contributed by atoms with Crippen LogP contribution in [-0.4, -0.2) is 67.2 Å². The number of urea groups is 1. The van der Waals surface area contributed by atoms with Crippen molar-refractivity contribution in [2.24, 2.45) is 5.92 Å². The van der Waals surface area contributed by atoms with Crippen molar-refractivity contribution in [1.82, 2.24) is 15.1 Å². The Hall–Kier alpha value is -1.30. The number of amides is 2. The molecule has 1 unspecified atom stereocenters. The third-order valence-electron chi connectivity index (χ3n) is 2.75. The quantitative estimate of drug-likeness (QED) is 0.694. The molecule has 0 heterocycles. The van der Waals surface area contributed by atoms with Crippen LogP contribution in [-0.2, 0) is 4.79 Å². The van der Waals surface area contributed by atoms with Gasteiger partial charge in [0.15, 0.2) is 0 Å². The van der Waals surface area contributed by atoms with Gasteiger partial charge in [-0.15, -0.1) is 0 Å². The normalized spacial score (nSPS) is 12.6. The summed E-state index contributed by atoms with van der Waals surface area (Å²) < 4.78 is 0. The molecule has 2 amide bonds. The van der Waals surface area contributed by atoms with Gasteiger partial charge in [-0.3, -0.25) is 0 Å². The predicted molar refractivity (Wildman–Crippen MR) is 75.2 cm³/mol. The van der Waals surface area contributed by atoms with Crippen molar-refractivity contribution >= 4 is 12.0 Å². The van der Waals surface area contributed by atoms with E-state index in [0.29, 0.717) is 13.0 Å². The largest absolute Gasteiger partial charge is 0.480 e. The lowest BCUT2D eigenvalue weighted by Gasteiger charge is -2.22. The highest BCUT2D eigenvalue weighted by molar-refractivity contribution is 5.82. The molecule has 0 aliphatic heterocycles. The van der Waals surface area contributed by atoms with Crippen LogP contribution in [0.15, 0.2) is 0 Å². The van der Waals surface area contributed by atoms with E-state index in [1.54, 1.807) is 7.05 Å². The molecule has 0 aromatic carbocycles. The molecule has 1 atom stereocenters. The zero-order valence-electron chi connectivity index (χ0n) is 12.6. The Bertz CT molecular complexity index is 293. The van der Waals surface area contributed by atoms with E-state index in [-0.39, 0.29) is 11.9 Å². The summed E-state index contributed by atoms with van der Waals surface area (Å²) in [5, 5.41) is 11.6. The summed E-state index contributed by atoms with van der Waals surface area (Å²) in [6, 6.07) is -1.14. The summed E-state index contributed by atoms with van der Waals surface area (Å²) >= 11 is 0. The van der Waals surface area contributed by atoms with Gasteiger partial charge in [0.1, 0.15) is 6.04 Å². The molecule has 6 heteroatoms. The third-order valence-corrected chi connectivity index (χ3v) is 2.75. The number of carbonyl (C=O) groups is 2. The van der Waals surface area contributed by atoms with Gasteiger partial charge < -0.3 is 20.2 Å². The van der Waals surface area contributed by atoms with Crippen LogP contribution in [0.3, 0.4) is 0 Å². The fourth-order valence-electron chi connectivity index (χ4n) is 1.68. The molecule has 0 saturated carbocycles. The Morgan fingerprint density at radius 2 is 1.74 bits per heavy atom. The monoisotopic (exact) mass is 273 g/mol. The summed E-state index contributed by atoms with van der Waals surface area (Å²) in [5.41, 5.74) is 0. The minimum atomic E-state index is -0.983. The molecule has 0 aliphatic carbocycles.